The third-order valence-electron chi connectivity index (χ3n) is 4.06. The average Bonchev–Trinajstić information content (AvgIpc) is 2.61. The number of pyridine rings is 1. The molecule has 2 heterocycles. The number of hydrogen-bond acceptors (Lipinski definition) is 5. The summed E-state index contributed by atoms with van der Waals surface area (Å²) in [6.07, 6.45) is 8.94. The van der Waals surface area contributed by atoms with Gasteiger partial charge in [0.15, 0.2) is 0 Å². The number of allylic oxidation sites excluding steroid dienone is 1. The Morgan fingerprint density at radius 2 is 2.08 bits per heavy atom. The molecule has 2 aliphatic rings. The first-order valence-corrected chi connectivity index (χ1v) is 8.65. The van der Waals surface area contributed by atoms with Crippen LogP contribution in [-0.2, 0) is 11.0 Å². The Morgan fingerprint density at radius 3 is 2.96 bits per heavy atom. The molecule has 1 aromatic heterocycles. The van der Waals surface area contributed by atoms with Crippen molar-refractivity contribution in [3.05, 3.63) is 70.9 Å². The molecular formula is C18H14N2O3S. The van der Waals surface area contributed by atoms with Crippen LogP contribution in [0.5, 0.6) is 5.75 Å². The highest BCUT2D eigenvalue weighted by molar-refractivity contribution is 7.67. The van der Waals surface area contributed by atoms with Gasteiger partial charge in [-0.2, -0.15) is 8.42 Å². The number of aromatic nitrogens is 1. The SMILES string of the molecule is O=[SH](=O)Oc1cccc(C2=NC3=c4ncccc4=CCC3C=C2)c1. The van der Waals surface area contributed by atoms with E-state index in [0.29, 0.717) is 0 Å². The van der Waals surface area contributed by atoms with Gasteiger partial charge in [0.1, 0.15) is 5.75 Å². The fourth-order valence-corrected chi connectivity index (χ4v) is 3.26. The van der Waals surface area contributed by atoms with E-state index in [4.69, 9.17) is 9.18 Å². The number of benzene rings is 1. The van der Waals surface area contributed by atoms with Crippen molar-refractivity contribution >= 4 is 28.5 Å². The predicted octanol–water partition coefficient (Wildman–Crippen LogP) is 0.955. The smallest absolute Gasteiger partial charge is 0.299 e. The van der Waals surface area contributed by atoms with Crippen molar-refractivity contribution in [2.24, 2.45) is 10.9 Å². The Kier molecular flexibility index (Phi) is 3.74. The van der Waals surface area contributed by atoms with Crippen molar-refractivity contribution in [3.63, 3.8) is 0 Å². The van der Waals surface area contributed by atoms with E-state index in [1.807, 2.05) is 24.3 Å². The Morgan fingerprint density at radius 1 is 1.17 bits per heavy atom. The molecule has 0 saturated heterocycles. The van der Waals surface area contributed by atoms with Crippen LogP contribution in [-0.4, -0.2) is 19.1 Å². The summed E-state index contributed by atoms with van der Waals surface area (Å²) in [5.74, 6) is 0.508. The van der Waals surface area contributed by atoms with Gasteiger partial charge in [0.2, 0.25) is 0 Å². The number of fused-ring (bicyclic) bond motifs is 2. The summed E-state index contributed by atoms with van der Waals surface area (Å²) in [7, 11) is -2.93. The Bertz CT molecular complexity index is 1060. The van der Waals surface area contributed by atoms with Crippen LogP contribution in [0.1, 0.15) is 12.0 Å². The second-order valence-corrected chi connectivity index (χ2v) is 6.20. The van der Waals surface area contributed by atoms with Crippen molar-refractivity contribution < 1.29 is 12.6 Å². The molecule has 1 aromatic carbocycles. The Balaban J connectivity index is 1.83. The van der Waals surface area contributed by atoms with Gasteiger partial charge in [0.05, 0.1) is 16.8 Å². The van der Waals surface area contributed by atoms with E-state index in [-0.39, 0.29) is 11.7 Å². The molecule has 0 fully saturated rings. The maximum Gasteiger partial charge on any atom is 0.299 e. The van der Waals surface area contributed by atoms with Crippen LogP contribution in [0.4, 0.5) is 0 Å². The van der Waals surface area contributed by atoms with Crippen LogP contribution in [0.3, 0.4) is 0 Å². The summed E-state index contributed by atoms with van der Waals surface area (Å²) in [6, 6.07) is 10.9. The van der Waals surface area contributed by atoms with Crippen molar-refractivity contribution in [1.82, 2.24) is 4.98 Å². The number of nitrogens with zero attached hydrogens (tertiary/aromatic N) is 2. The quantitative estimate of drug-likeness (QED) is 0.846. The lowest BCUT2D eigenvalue weighted by Gasteiger charge is -2.20. The fourth-order valence-electron chi connectivity index (χ4n) is 2.98. The molecule has 2 aromatic rings. The number of hydrogen-bond donors (Lipinski definition) is 1. The van der Waals surface area contributed by atoms with Gasteiger partial charge >= 0.3 is 0 Å². The van der Waals surface area contributed by atoms with E-state index in [1.54, 1.807) is 24.4 Å². The molecule has 24 heavy (non-hydrogen) atoms. The van der Waals surface area contributed by atoms with Gasteiger partial charge in [-0.3, -0.25) is 4.98 Å². The molecule has 0 saturated carbocycles. The molecular weight excluding hydrogens is 324 g/mol. The third kappa shape index (κ3) is 2.76. The summed E-state index contributed by atoms with van der Waals surface area (Å²) in [6.45, 7) is 0. The highest BCUT2D eigenvalue weighted by atomic mass is 32.2. The number of rotatable bonds is 3. The van der Waals surface area contributed by atoms with Crippen LogP contribution in [0.2, 0.25) is 0 Å². The highest BCUT2D eigenvalue weighted by Crippen LogP contribution is 2.26. The summed E-state index contributed by atoms with van der Waals surface area (Å²) < 4.78 is 26.2. The normalized spacial score (nSPS) is 18.5. The predicted molar refractivity (Wildman–Crippen MR) is 92.5 cm³/mol. The number of dihydropyridines is 1. The molecule has 1 unspecified atom stereocenters. The Hall–Kier alpha value is -2.73. The van der Waals surface area contributed by atoms with Crippen molar-refractivity contribution in [3.8, 4) is 5.75 Å². The van der Waals surface area contributed by atoms with E-state index in [0.717, 1.165) is 34.0 Å². The Labute approximate surface area is 140 Å². The van der Waals surface area contributed by atoms with Crippen molar-refractivity contribution in [1.29, 1.82) is 0 Å². The van der Waals surface area contributed by atoms with Gasteiger partial charge in [-0.15, -0.1) is 0 Å². The fraction of sp³-hybridized carbons (Fsp3) is 0.111. The largest absolute Gasteiger partial charge is 0.384 e. The maximum absolute atomic E-state index is 10.7. The van der Waals surface area contributed by atoms with Gasteiger partial charge in [-0.25, -0.2) is 4.99 Å². The first-order valence-electron chi connectivity index (χ1n) is 7.56. The zero-order chi connectivity index (χ0) is 16.5. The molecule has 6 heteroatoms. The topological polar surface area (TPSA) is 68.6 Å². The monoisotopic (exact) mass is 338 g/mol. The molecule has 1 atom stereocenters. The minimum absolute atomic E-state index is 0.228. The lowest BCUT2D eigenvalue weighted by Crippen LogP contribution is -2.35. The zero-order valence-electron chi connectivity index (χ0n) is 12.6. The molecule has 4 rings (SSSR count). The van der Waals surface area contributed by atoms with E-state index < -0.39 is 11.0 Å². The lowest BCUT2D eigenvalue weighted by atomic mass is 9.92. The molecule has 1 aliphatic heterocycles. The summed E-state index contributed by atoms with van der Waals surface area (Å²) >= 11 is 0. The van der Waals surface area contributed by atoms with Crippen LogP contribution < -0.4 is 14.8 Å². The average molecular weight is 338 g/mol. The molecule has 5 nitrogen and oxygen atoms in total. The van der Waals surface area contributed by atoms with Crippen LogP contribution in [0, 0.1) is 5.92 Å². The van der Waals surface area contributed by atoms with Crippen LogP contribution >= 0.6 is 0 Å². The maximum atomic E-state index is 10.7. The van der Waals surface area contributed by atoms with Gasteiger partial charge < -0.3 is 4.18 Å². The van der Waals surface area contributed by atoms with E-state index >= 15 is 0 Å². The van der Waals surface area contributed by atoms with Gasteiger partial charge in [0.25, 0.3) is 11.0 Å². The van der Waals surface area contributed by atoms with Crippen LogP contribution in [0.15, 0.2) is 59.7 Å². The number of aliphatic imine (C=N–C) groups is 1. The molecule has 0 spiro atoms. The molecule has 1 aliphatic carbocycles. The van der Waals surface area contributed by atoms with E-state index in [2.05, 4.69) is 17.1 Å². The summed E-state index contributed by atoms with van der Waals surface area (Å²) in [5.41, 5.74) is 2.52. The van der Waals surface area contributed by atoms with Crippen molar-refractivity contribution in [2.45, 2.75) is 6.42 Å². The second kappa shape index (κ2) is 6.05. The van der Waals surface area contributed by atoms with Crippen LogP contribution in [0.25, 0.3) is 11.8 Å². The standard InChI is InChI=1S/C18H14N2O3S/c21-24(22)23-15-5-1-3-14(11-15)16-9-8-13-7-6-12-4-2-10-19-17(12)18(13)20-16/h1-6,8-11,13,24H,7H2. The van der Waals surface area contributed by atoms with Gasteiger partial charge in [0, 0.05) is 17.7 Å². The summed E-state index contributed by atoms with van der Waals surface area (Å²) in [5, 5.41) is 2.01. The van der Waals surface area contributed by atoms with Gasteiger partial charge in [-0.05, 0) is 35.9 Å². The van der Waals surface area contributed by atoms with Gasteiger partial charge in [-0.1, -0.05) is 30.4 Å². The molecule has 0 N–H and O–H groups in total. The first kappa shape index (κ1) is 14.8. The molecule has 0 radical (unpaired) electrons. The van der Waals surface area contributed by atoms with E-state index in [1.165, 1.54) is 0 Å². The first-order chi connectivity index (χ1) is 11.7. The minimum atomic E-state index is -2.93. The second-order valence-electron chi connectivity index (χ2n) is 5.57. The minimum Gasteiger partial charge on any atom is -0.384 e. The molecule has 120 valence electrons. The highest BCUT2D eigenvalue weighted by Gasteiger charge is 2.20. The third-order valence-corrected chi connectivity index (χ3v) is 4.42. The molecule has 0 amide bonds. The zero-order valence-corrected chi connectivity index (χ0v) is 13.5. The van der Waals surface area contributed by atoms with E-state index in [9.17, 15) is 8.42 Å². The summed E-state index contributed by atoms with van der Waals surface area (Å²) in [4.78, 5) is 9.27. The van der Waals surface area contributed by atoms with Crippen molar-refractivity contribution in [2.75, 3.05) is 0 Å². The number of thiol groups is 1. The lowest BCUT2D eigenvalue weighted by molar-refractivity contribution is 0.510. The molecule has 0 bridgehead atoms.